The van der Waals surface area contributed by atoms with E-state index in [-0.39, 0.29) is 5.91 Å². The van der Waals surface area contributed by atoms with Crippen LogP contribution in [0.2, 0.25) is 0 Å². The molecule has 0 unspecified atom stereocenters. The Morgan fingerprint density at radius 3 is 2.79 bits per heavy atom. The first kappa shape index (κ1) is 14.1. The molecule has 0 spiro atoms. The number of benzene rings is 1. The van der Waals surface area contributed by atoms with Gasteiger partial charge in [-0.1, -0.05) is 55.5 Å². The van der Waals surface area contributed by atoms with Gasteiger partial charge in [-0.25, -0.2) is 4.98 Å². The van der Waals surface area contributed by atoms with Gasteiger partial charge in [-0.05, 0) is 10.8 Å². The predicted octanol–water partition coefficient (Wildman–Crippen LogP) is 3.89. The maximum Gasteiger partial charge on any atom is 0.236 e. The maximum atomic E-state index is 11.7. The molecule has 1 amide bonds. The fraction of sp³-hybridized carbons (Fsp3) is 0.286. The van der Waals surface area contributed by atoms with E-state index in [1.807, 2.05) is 30.3 Å². The van der Waals surface area contributed by atoms with Crippen LogP contribution in [0.5, 0.6) is 0 Å². The number of nitrogens with one attached hydrogen (secondary N) is 1. The number of anilines is 1. The second-order valence-corrected chi connectivity index (χ2v) is 6.90. The minimum Gasteiger partial charge on any atom is -0.301 e. The quantitative estimate of drug-likeness (QED) is 0.909. The zero-order valence-corrected chi connectivity index (χ0v) is 12.6. The summed E-state index contributed by atoms with van der Waals surface area (Å²) in [5.41, 5.74) is 1.12. The second-order valence-electron chi connectivity index (χ2n) is 4.30. The van der Waals surface area contributed by atoms with Crippen LogP contribution in [0.4, 0.5) is 5.13 Å². The minimum atomic E-state index is 0.00709. The standard InChI is InChI=1S/C14H16N2OS2/c1-10(2)18-9-13(17)16-14-15-8-12(19-14)11-6-4-3-5-7-11/h3-8,10H,9H2,1-2H3,(H,15,16,17). The third-order valence-electron chi connectivity index (χ3n) is 2.36. The minimum absolute atomic E-state index is 0.00709. The lowest BCUT2D eigenvalue weighted by Gasteiger charge is -2.03. The van der Waals surface area contributed by atoms with E-state index in [9.17, 15) is 4.79 Å². The molecule has 0 aliphatic heterocycles. The van der Waals surface area contributed by atoms with Crippen molar-refractivity contribution >= 4 is 34.1 Å². The monoisotopic (exact) mass is 292 g/mol. The molecule has 2 aromatic rings. The summed E-state index contributed by atoms with van der Waals surface area (Å²) in [7, 11) is 0. The number of hydrogen-bond acceptors (Lipinski definition) is 4. The van der Waals surface area contributed by atoms with Gasteiger partial charge >= 0.3 is 0 Å². The van der Waals surface area contributed by atoms with E-state index in [4.69, 9.17) is 0 Å². The highest BCUT2D eigenvalue weighted by molar-refractivity contribution is 8.00. The zero-order valence-electron chi connectivity index (χ0n) is 10.9. The van der Waals surface area contributed by atoms with Crippen molar-refractivity contribution in [2.45, 2.75) is 19.1 Å². The van der Waals surface area contributed by atoms with E-state index in [0.29, 0.717) is 16.1 Å². The van der Waals surface area contributed by atoms with Gasteiger partial charge in [0, 0.05) is 6.20 Å². The molecule has 0 fully saturated rings. The molecule has 19 heavy (non-hydrogen) atoms. The first-order valence-electron chi connectivity index (χ1n) is 6.08. The number of thioether (sulfide) groups is 1. The molecule has 1 N–H and O–H groups in total. The number of amides is 1. The van der Waals surface area contributed by atoms with Crippen molar-refractivity contribution in [1.29, 1.82) is 0 Å². The molecule has 100 valence electrons. The Balaban J connectivity index is 1.96. The lowest BCUT2D eigenvalue weighted by molar-refractivity contribution is -0.113. The largest absolute Gasteiger partial charge is 0.301 e. The molecule has 2 rings (SSSR count). The number of carbonyl (C=O) groups excluding carboxylic acids is 1. The first-order chi connectivity index (χ1) is 9.15. The summed E-state index contributed by atoms with van der Waals surface area (Å²) in [5.74, 6) is 0.477. The summed E-state index contributed by atoms with van der Waals surface area (Å²) in [6.45, 7) is 4.16. The van der Waals surface area contributed by atoms with Crippen LogP contribution in [-0.4, -0.2) is 21.9 Å². The van der Waals surface area contributed by atoms with Gasteiger partial charge in [-0.3, -0.25) is 4.79 Å². The Labute approximate surface area is 121 Å². The summed E-state index contributed by atoms with van der Waals surface area (Å²) >= 11 is 3.12. The Hall–Kier alpha value is -1.33. The number of aromatic nitrogens is 1. The third-order valence-corrected chi connectivity index (χ3v) is 4.42. The van der Waals surface area contributed by atoms with E-state index in [2.05, 4.69) is 24.1 Å². The number of carbonyl (C=O) groups is 1. The lowest BCUT2D eigenvalue weighted by Crippen LogP contribution is -2.14. The van der Waals surface area contributed by atoms with Crippen LogP contribution in [0.25, 0.3) is 10.4 Å². The lowest BCUT2D eigenvalue weighted by atomic mass is 10.2. The molecule has 0 aliphatic carbocycles. The fourth-order valence-corrected chi connectivity index (χ4v) is 2.86. The van der Waals surface area contributed by atoms with Gasteiger partial charge in [-0.2, -0.15) is 0 Å². The third kappa shape index (κ3) is 4.36. The molecule has 1 aromatic carbocycles. The Morgan fingerprint density at radius 2 is 2.11 bits per heavy atom. The predicted molar refractivity (Wildman–Crippen MR) is 83.8 cm³/mol. The molecule has 1 heterocycles. The van der Waals surface area contributed by atoms with Gasteiger partial charge in [0.1, 0.15) is 0 Å². The van der Waals surface area contributed by atoms with Crippen LogP contribution in [0.15, 0.2) is 36.5 Å². The van der Waals surface area contributed by atoms with E-state index >= 15 is 0 Å². The van der Waals surface area contributed by atoms with Crippen LogP contribution in [0.3, 0.4) is 0 Å². The van der Waals surface area contributed by atoms with Crippen molar-refractivity contribution in [2.75, 3.05) is 11.1 Å². The molecule has 3 nitrogen and oxygen atoms in total. The molecule has 0 atom stereocenters. The molecule has 0 saturated carbocycles. The van der Waals surface area contributed by atoms with Crippen LogP contribution >= 0.6 is 23.1 Å². The Kier molecular flexibility index (Phi) is 4.99. The highest BCUT2D eigenvalue weighted by Crippen LogP contribution is 2.28. The van der Waals surface area contributed by atoms with Crippen molar-refractivity contribution in [1.82, 2.24) is 4.98 Å². The molecule has 1 aromatic heterocycles. The van der Waals surface area contributed by atoms with Gasteiger partial charge in [-0.15, -0.1) is 11.8 Å². The van der Waals surface area contributed by atoms with Gasteiger partial charge in [0.15, 0.2) is 5.13 Å². The van der Waals surface area contributed by atoms with E-state index in [1.165, 1.54) is 11.3 Å². The van der Waals surface area contributed by atoms with Crippen molar-refractivity contribution in [3.05, 3.63) is 36.5 Å². The van der Waals surface area contributed by atoms with Crippen molar-refractivity contribution in [2.24, 2.45) is 0 Å². The summed E-state index contributed by atoms with van der Waals surface area (Å²) in [4.78, 5) is 17.0. The van der Waals surface area contributed by atoms with Crippen molar-refractivity contribution < 1.29 is 4.79 Å². The van der Waals surface area contributed by atoms with Crippen LogP contribution in [-0.2, 0) is 4.79 Å². The summed E-state index contributed by atoms with van der Waals surface area (Å²) < 4.78 is 0. The normalized spacial score (nSPS) is 10.7. The topological polar surface area (TPSA) is 42.0 Å². The molecule has 5 heteroatoms. The Bertz CT molecular complexity index is 537. The molecule has 0 aliphatic rings. The van der Waals surface area contributed by atoms with E-state index in [1.54, 1.807) is 18.0 Å². The fourth-order valence-electron chi connectivity index (χ4n) is 1.47. The number of nitrogens with zero attached hydrogens (tertiary/aromatic N) is 1. The van der Waals surface area contributed by atoms with Crippen molar-refractivity contribution in [3.63, 3.8) is 0 Å². The first-order valence-corrected chi connectivity index (χ1v) is 7.94. The van der Waals surface area contributed by atoms with Gasteiger partial charge in [0.25, 0.3) is 0 Å². The molecular formula is C14H16N2OS2. The average Bonchev–Trinajstić information content (AvgIpc) is 2.86. The smallest absolute Gasteiger partial charge is 0.236 e. The number of thiazole rings is 1. The summed E-state index contributed by atoms with van der Waals surface area (Å²) in [6.07, 6.45) is 1.80. The maximum absolute atomic E-state index is 11.7. The van der Waals surface area contributed by atoms with Gasteiger partial charge in [0.2, 0.25) is 5.91 Å². The molecule has 0 bridgehead atoms. The van der Waals surface area contributed by atoms with Crippen LogP contribution in [0, 0.1) is 0 Å². The van der Waals surface area contributed by atoms with Crippen LogP contribution < -0.4 is 5.32 Å². The van der Waals surface area contributed by atoms with Gasteiger partial charge in [0.05, 0.1) is 10.6 Å². The summed E-state index contributed by atoms with van der Waals surface area (Å²) in [5, 5.41) is 3.96. The number of rotatable bonds is 5. The molecular weight excluding hydrogens is 276 g/mol. The van der Waals surface area contributed by atoms with E-state index in [0.717, 1.165) is 10.4 Å². The number of hydrogen-bond donors (Lipinski definition) is 1. The van der Waals surface area contributed by atoms with Gasteiger partial charge < -0.3 is 5.32 Å². The molecule has 0 radical (unpaired) electrons. The molecule has 0 saturated heterocycles. The zero-order chi connectivity index (χ0) is 13.7. The van der Waals surface area contributed by atoms with Crippen molar-refractivity contribution in [3.8, 4) is 10.4 Å². The SMILES string of the molecule is CC(C)SCC(=O)Nc1ncc(-c2ccccc2)s1. The Morgan fingerprint density at radius 1 is 1.37 bits per heavy atom. The van der Waals surface area contributed by atoms with E-state index < -0.39 is 0 Å². The highest BCUT2D eigenvalue weighted by atomic mass is 32.2. The average molecular weight is 292 g/mol. The second kappa shape index (κ2) is 6.73. The summed E-state index contributed by atoms with van der Waals surface area (Å²) in [6, 6.07) is 10.0. The van der Waals surface area contributed by atoms with Crippen LogP contribution in [0.1, 0.15) is 13.8 Å². The highest BCUT2D eigenvalue weighted by Gasteiger charge is 2.08.